The Morgan fingerprint density at radius 1 is 1.16 bits per heavy atom. The maximum absolute atomic E-state index is 13.4. The number of carbonyl (C=O) groups is 1. The number of ether oxygens (including phenoxy) is 1. The van der Waals surface area contributed by atoms with Gasteiger partial charge in [-0.2, -0.15) is 13.2 Å². The van der Waals surface area contributed by atoms with Crippen molar-refractivity contribution in [3.8, 4) is 0 Å². The average Bonchev–Trinajstić information content (AvgIpc) is 3.61. The third-order valence-electron chi connectivity index (χ3n) is 8.45. The van der Waals surface area contributed by atoms with Gasteiger partial charge in [-0.05, 0) is 73.3 Å². The van der Waals surface area contributed by atoms with Crippen LogP contribution in [0.2, 0.25) is 0 Å². The van der Waals surface area contributed by atoms with Crippen molar-refractivity contribution in [2.45, 2.75) is 62.7 Å². The van der Waals surface area contributed by atoms with Crippen molar-refractivity contribution in [2.75, 3.05) is 26.3 Å². The first-order chi connectivity index (χ1) is 18.3. The Balaban J connectivity index is 1.17. The zero-order valence-corrected chi connectivity index (χ0v) is 21.1. The molecule has 2 fully saturated rings. The number of likely N-dealkylation sites (tertiary alicyclic amines) is 1. The van der Waals surface area contributed by atoms with Crippen molar-refractivity contribution in [2.24, 2.45) is 5.92 Å². The van der Waals surface area contributed by atoms with Gasteiger partial charge in [0, 0.05) is 50.8 Å². The lowest BCUT2D eigenvalue weighted by Gasteiger charge is -2.31. The molecular formula is C28H32F3N5O2. The molecule has 0 spiro atoms. The predicted octanol–water partition coefficient (Wildman–Crippen LogP) is 4.23. The molecule has 6 rings (SSSR count). The molecule has 0 radical (unpaired) electrons. The highest BCUT2D eigenvalue weighted by Crippen LogP contribution is 2.40. The number of benzene rings is 1. The van der Waals surface area contributed by atoms with E-state index in [1.54, 1.807) is 6.07 Å². The largest absolute Gasteiger partial charge is 0.418 e. The van der Waals surface area contributed by atoms with E-state index in [9.17, 15) is 18.0 Å². The molecule has 3 atom stereocenters. The van der Waals surface area contributed by atoms with Gasteiger partial charge >= 0.3 is 6.18 Å². The summed E-state index contributed by atoms with van der Waals surface area (Å²) in [5.41, 5.74) is 2.02. The number of aryl methyl sites for hydroxylation is 1. The van der Waals surface area contributed by atoms with E-state index in [-0.39, 0.29) is 35.2 Å². The number of aromatic amines is 1. The highest BCUT2D eigenvalue weighted by Gasteiger charge is 2.40. The number of imidazole rings is 1. The molecule has 3 aromatic rings. The van der Waals surface area contributed by atoms with Crippen molar-refractivity contribution in [1.82, 2.24) is 25.2 Å². The maximum Gasteiger partial charge on any atom is 0.418 e. The number of amides is 1. The molecule has 1 aliphatic carbocycles. The van der Waals surface area contributed by atoms with Crippen molar-refractivity contribution in [3.05, 3.63) is 59.2 Å². The number of pyridine rings is 1. The number of rotatable bonds is 6. The van der Waals surface area contributed by atoms with Crippen LogP contribution in [0.1, 0.15) is 54.1 Å². The van der Waals surface area contributed by atoms with Crippen LogP contribution in [0.25, 0.3) is 11.0 Å². The first kappa shape index (κ1) is 25.3. The molecule has 10 heteroatoms. The first-order valence-corrected chi connectivity index (χ1v) is 13.4. The van der Waals surface area contributed by atoms with Crippen LogP contribution < -0.4 is 5.32 Å². The minimum absolute atomic E-state index is 0.0219. The van der Waals surface area contributed by atoms with Gasteiger partial charge in [0.15, 0.2) is 0 Å². The number of hydrogen-bond acceptors (Lipinski definition) is 5. The molecule has 202 valence electrons. The Kier molecular flexibility index (Phi) is 6.86. The summed E-state index contributed by atoms with van der Waals surface area (Å²) in [5, 5.41) is 3.23. The molecule has 1 amide bonds. The number of nitrogens with zero attached hydrogens (tertiary/aromatic N) is 3. The first-order valence-electron chi connectivity index (χ1n) is 13.4. The summed E-state index contributed by atoms with van der Waals surface area (Å²) in [6.45, 7) is 3.22. The Bertz CT molecular complexity index is 1300. The number of para-hydroxylation sites is 1. The number of alkyl halides is 3. The Hall–Kier alpha value is -2.98. The second-order valence-electron chi connectivity index (χ2n) is 10.8. The standard InChI is InChI=1S/C28H32F3N5O2/c29-28(30,31)22-2-1-3-23-27(22)35-25(33-23)13-26(37)34-24-16-36(20-7-10-38-11-8-20)15-19(24)12-17-4-5-18-14-32-9-6-21(17)18/h1-3,6,9,14,17,19-20,24H,4-5,7-8,10-13,15-16H2,(H,33,35)(H,34,37)/t17?,19-,24?/m0/s1. The van der Waals surface area contributed by atoms with Gasteiger partial charge in [-0.1, -0.05) is 6.07 Å². The zero-order valence-electron chi connectivity index (χ0n) is 21.1. The van der Waals surface area contributed by atoms with Gasteiger partial charge in [0.2, 0.25) is 5.91 Å². The number of fused-ring (bicyclic) bond motifs is 2. The third-order valence-corrected chi connectivity index (χ3v) is 8.45. The fourth-order valence-corrected chi connectivity index (χ4v) is 6.60. The lowest BCUT2D eigenvalue weighted by molar-refractivity contribution is -0.136. The van der Waals surface area contributed by atoms with Gasteiger partial charge in [0.25, 0.3) is 0 Å². The second kappa shape index (κ2) is 10.3. The van der Waals surface area contributed by atoms with Gasteiger partial charge in [-0.3, -0.25) is 14.7 Å². The Morgan fingerprint density at radius 3 is 2.82 bits per heavy atom. The summed E-state index contributed by atoms with van der Waals surface area (Å²) < 4.78 is 45.8. The van der Waals surface area contributed by atoms with Gasteiger partial charge in [-0.25, -0.2) is 4.98 Å². The van der Waals surface area contributed by atoms with E-state index in [1.165, 1.54) is 17.2 Å². The summed E-state index contributed by atoms with van der Waals surface area (Å²) >= 11 is 0. The van der Waals surface area contributed by atoms with E-state index >= 15 is 0 Å². The van der Waals surface area contributed by atoms with E-state index < -0.39 is 11.7 Å². The van der Waals surface area contributed by atoms with E-state index in [2.05, 4.69) is 31.2 Å². The van der Waals surface area contributed by atoms with E-state index in [0.29, 0.717) is 17.9 Å². The zero-order chi connectivity index (χ0) is 26.3. The van der Waals surface area contributed by atoms with E-state index in [1.807, 2.05) is 12.4 Å². The minimum Gasteiger partial charge on any atom is -0.381 e. The number of hydrogen-bond donors (Lipinski definition) is 2. The van der Waals surface area contributed by atoms with Crippen molar-refractivity contribution in [1.29, 1.82) is 0 Å². The van der Waals surface area contributed by atoms with Crippen molar-refractivity contribution >= 4 is 16.9 Å². The Labute approximate surface area is 219 Å². The molecule has 4 heterocycles. The van der Waals surface area contributed by atoms with E-state index in [4.69, 9.17) is 4.74 Å². The van der Waals surface area contributed by atoms with Crippen LogP contribution in [0, 0.1) is 5.92 Å². The fourth-order valence-electron chi connectivity index (χ4n) is 6.60. The highest BCUT2D eigenvalue weighted by atomic mass is 19.4. The van der Waals surface area contributed by atoms with Crippen LogP contribution in [0.4, 0.5) is 13.2 Å². The molecule has 3 aliphatic rings. The molecule has 2 N–H and O–H groups in total. The molecule has 2 aromatic heterocycles. The van der Waals surface area contributed by atoms with Crippen LogP contribution in [-0.4, -0.2) is 64.1 Å². The van der Waals surface area contributed by atoms with E-state index in [0.717, 1.165) is 64.5 Å². The quantitative estimate of drug-likeness (QED) is 0.501. The van der Waals surface area contributed by atoms with Crippen LogP contribution in [0.15, 0.2) is 36.7 Å². The number of nitrogens with one attached hydrogen (secondary N) is 2. The van der Waals surface area contributed by atoms with Gasteiger partial charge in [0.05, 0.1) is 17.5 Å². The summed E-state index contributed by atoms with van der Waals surface area (Å²) in [5.74, 6) is 0.751. The molecule has 2 unspecified atom stereocenters. The molecule has 2 saturated heterocycles. The van der Waals surface area contributed by atoms with Crippen LogP contribution in [0.5, 0.6) is 0 Å². The maximum atomic E-state index is 13.4. The Morgan fingerprint density at radius 2 is 2.00 bits per heavy atom. The topological polar surface area (TPSA) is 83.1 Å². The highest BCUT2D eigenvalue weighted by molar-refractivity contribution is 5.82. The number of aromatic nitrogens is 3. The summed E-state index contributed by atoms with van der Waals surface area (Å²) in [6.07, 6.45) is 4.33. The fraction of sp³-hybridized carbons (Fsp3) is 0.536. The molecule has 0 bridgehead atoms. The number of carbonyl (C=O) groups excluding carboxylic acids is 1. The van der Waals surface area contributed by atoms with Gasteiger partial charge in [-0.15, -0.1) is 0 Å². The van der Waals surface area contributed by atoms with Crippen LogP contribution in [0.3, 0.4) is 0 Å². The molecular weight excluding hydrogens is 495 g/mol. The predicted molar refractivity (Wildman–Crippen MR) is 136 cm³/mol. The third kappa shape index (κ3) is 5.16. The summed E-state index contributed by atoms with van der Waals surface area (Å²) in [6, 6.07) is 6.46. The number of halogens is 3. The lowest BCUT2D eigenvalue weighted by Crippen LogP contribution is -2.43. The molecule has 2 aliphatic heterocycles. The van der Waals surface area contributed by atoms with Gasteiger partial charge in [0.1, 0.15) is 11.3 Å². The smallest absolute Gasteiger partial charge is 0.381 e. The van der Waals surface area contributed by atoms with Crippen molar-refractivity contribution < 1.29 is 22.7 Å². The normalized spacial score (nSPS) is 24.7. The van der Waals surface area contributed by atoms with Crippen LogP contribution in [-0.2, 0) is 28.5 Å². The monoisotopic (exact) mass is 527 g/mol. The lowest BCUT2D eigenvalue weighted by atomic mass is 9.87. The van der Waals surface area contributed by atoms with Gasteiger partial charge < -0.3 is 15.0 Å². The molecule has 38 heavy (non-hydrogen) atoms. The van der Waals surface area contributed by atoms with Crippen molar-refractivity contribution in [3.63, 3.8) is 0 Å². The minimum atomic E-state index is -4.51. The van der Waals surface area contributed by atoms with Crippen LogP contribution >= 0.6 is 0 Å². The second-order valence-corrected chi connectivity index (χ2v) is 10.8. The summed E-state index contributed by atoms with van der Waals surface area (Å²) in [4.78, 5) is 27.0. The molecule has 1 aromatic carbocycles. The molecule has 0 saturated carbocycles. The SMILES string of the molecule is O=C(Cc1nc2c(C(F)(F)F)cccc2[nH]1)NC1CN(C2CCOCC2)C[C@@H]1CC1CCc2cnccc21. The summed E-state index contributed by atoms with van der Waals surface area (Å²) in [7, 11) is 0. The number of H-pyrrole nitrogens is 1. The average molecular weight is 528 g/mol. The molecule has 7 nitrogen and oxygen atoms in total.